The van der Waals surface area contributed by atoms with E-state index in [1.54, 1.807) is 5.01 Å². The number of anilines is 2. The van der Waals surface area contributed by atoms with Gasteiger partial charge in [-0.3, -0.25) is 0 Å². The molecule has 0 aromatic heterocycles. The second-order valence-corrected chi connectivity index (χ2v) is 2.83. The maximum absolute atomic E-state index is 5.69. The van der Waals surface area contributed by atoms with Crippen LogP contribution in [-0.4, -0.2) is 6.54 Å². The van der Waals surface area contributed by atoms with Crippen LogP contribution in [0.4, 0.5) is 11.4 Å². The van der Waals surface area contributed by atoms with Crippen molar-refractivity contribution in [3.05, 3.63) is 23.8 Å². The van der Waals surface area contributed by atoms with Crippen LogP contribution in [0.25, 0.3) is 0 Å². The first-order chi connectivity index (χ1) is 5.27. The fourth-order valence-corrected chi connectivity index (χ4v) is 1.45. The summed E-state index contributed by atoms with van der Waals surface area (Å²) in [6.45, 7) is 0.902. The van der Waals surface area contributed by atoms with Gasteiger partial charge in [0.1, 0.15) is 0 Å². The van der Waals surface area contributed by atoms with Gasteiger partial charge in [0.2, 0.25) is 0 Å². The highest BCUT2D eigenvalue weighted by atomic mass is 15.4. The van der Waals surface area contributed by atoms with Gasteiger partial charge in [-0.25, -0.2) is 5.84 Å². The number of nitrogen functional groups attached to an aromatic ring is 1. The first-order valence-corrected chi connectivity index (χ1v) is 3.68. The van der Waals surface area contributed by atoms with Crippen LogP contribution >= 0.6 is 0 Å². The average molecular weight is 149 g/mol. The van der Waals surface area contributed by atoms with Gasteiger partial charge < -0.3 is 10.7 Å². The molecule has 0 saturated carbocycles. The molecule has 0 bridgehead atoms. The number of nitrogens with zero attached hydrogens (tertiary/aromatic N) is 1. The lowest BCUT2D eigenvalue weighted by atomic mass is 10.1. The quantitative estimate of drug-likeness (QED) is 0.417. The molecule has 0 fully saturated rings. The Balaban J connectivity index is 2.50. The van der Waals surface area contributed by atoms with E-state index in [4.69, 9.17) is 11.6 Å². The van der Waals surface area contributed by atoms with Crippen molar-refractivity contribution in [1.82, 2.24) is 0 Å². The summed E-state index contributed by atoms with van der Waals surface area (Å²) in [6.07, 6.45) is 1.01. The van der Waals surface area contributed by atoms with Crippen molar-refractivity contribution in [3.63, 3.8) is 0 Å². The molecule has 4 N–H and O–H groups in total. The molecule has 58 valence electrons. The molecule has 0 atom stereocenters. The second-order valence-electron chi connectivity index (χ2n) is 2.83. The number of hydrogen-bond acceptors (Lipinski definition) is 3. The van der Waals surface area contributed by atoms with Gasteiger partial charge in [0.05, 0.1) is 5.69 Å². The van der Waals surface area contributed by atoms with Crippen LogP contribution in [0.3, 0.4) is 0 Å². The van der Waals surface area contributed by atoms with Crippen LogP contribution in [0.15, 0.2) is 18.2 Å². The molecule has 0 spiro atoms. The van der Waals surface area contributed by atoms with Crippen LogP contribution in [-0.2, 0) is 6.42 Å². The van der Waals surface area contributed by atoms with E-state index in [9.17, 15) is 0 Å². The van der Waals surface area contributed by atoms with E-state index in [1.807, 2.05) is 18.2 Å². The summed E-state index contributed by atoms with van der Waals surface area (Å²) in [7, 11) is 0. The van der Waals surface area contributed by atoms with E-state index in [0.29, 0.717) is 0 Å². The van der Waals surface area contributed by atoms with Gasteiger partial charge in [0.15, 0.2) is 0 Å². The molecule has 0 unspecified atom stereocenters. The van der Waals surface area contributed by atoms with Gasteiger partial charge in [-0.15, -0.1) is 0 Å². The monoisotopic (exact) mass is 149 g/mol. The van der Waals surface area contributed by atoms with E-state index in [1.165, 1.54) is 5.56 Å². The molecule has 3 nitrogen and oxygen atoms in total. The van der Waals surface area contributed by atoms with Gasteiger partial charge in [-0.05, 0) is 30.2 Å². The van der Waals surface area contributed by atoms with Crippen molar-refractivity contribution in [2.24, 2.45) is 5.84 Å². The van der Waals surface area contributed by atoms with Crippen molar-refractivity contribution in [2.75, 3.05) is 17.3 Å². The number of hydrazine groups is 1. The van der Waals surface area contributed by atoms with E-state index in [-0.39, 0.29) is 0 Å². The highest BCUT2D eigenvalue weighted by Gasteiger charge is 2.15. The molecule has 1 heterocycles. The van der Waals surface area contributed by atoms with E-state index in [0.717, 1.165) is 24.3 Å². The molecule has 2 rings (SSSR count). The lowest BCUT2D eigenvalue weighted by Crippen LogP contribution is -2.27. The SMILES string of the molecule is Nc1ccc2c(c1)CCN2N. The van der Waals surface area contributed by atoms with Gasteiger partial charge in [0, 0.05) is 12.2 Å². The van der Waals surface area contributed by atoms with Gasteiger partial charge in [0.25, 0.3) is 0 Å². The predicted octanol–water partition coefficient (Wildman–Crippen LogP) is 0.505. The van der Waals surface area contributed by atoms with Gasteiger partial charge in [-0.1, -0.05) is 0 Å². The summed E-state index contributed by atoms with van der Waals surface area (Å²) in [5.41, 5.74) is 8.80. The van der Waals surface area contributed by atoms with Crippen molar-refractivity contribution >= 4 is 11.4 Å². The molecular formula is C8H11N3. The second kappa shape index (κ2) is 2.13. The molecule has 1 aromatic carbocycles. The Labute approximate surface area is 65.6 Å². The maximum atomic E-state index is 5.69. The predicted molar refractivity (Wildman–Crippen MR) is 46.1 cm³/mol. The Hall–Kier alpha value is -1.22. The number of benzene rings is 1. The van der Waals surface area contributed by atoms with Crippen molar-refractivity contribution in [2.45, 2.75) is 6.42 Å². The highest BCUT2D eigenvalue weighted by Crippen LogP contribution is 2.26. The zero-order valence-electron chi connectivity index (χ0n) is 6.25. The highest BCUT2D eigenvalue weighted by molar-refractivity contribution is 5.61. The average Bonchev–Trinajstić information content (AvgIpc) is 2.32. The zero-order valence-corrected chi connectivity index (χ0v) is 6.25. The molecule has 1 aliphatic heterocycles. The minimum absolute atomic E-state index is 0.819. The first-order valence-electron chi connectivity index (χ1n) is 3.68. The topological polar surface area (TPSA) is 55.3 Å². The molecule has 0 aliphatic carbocycles. The van der Waals surface area contributed by atoms with E-state index in [2.05, 4.69) is 0 Å². The molecule has 0 amide bonds. The third-order valence-corrected chi connectivity index (χ3v) is 2.04. The Bertz CT molecular complexity index is 283. The van der Waals surface area contributed by atoms with E-state index >= 15 is 0 Å². The summed E-state index contributed by atoms with van der Waals surface area (Å²) in [6, 6.07) is 5.84. The molecule has 1 aromatic rings. The first kappa shape index (κ1) is 6.49. The molecular weight excluding hydrogens is 138 g/mol. The Kier molecular flexibility index (Phi) is 1.26. The molecule has 1 aliphatic rings. The Morgan fingerprint density at radius 1 is 1.36 bits per heavy atom. The number of rotatable bonds is 0. The minimum Gasteiger partial charge on any atom is -0.399 e. The minimum atomic E-state index is 0.819. The summed E-state index contributed by atoms with van der Waals surface area (Å²) in [5, 5.41) is 1.76. The third kappa shape index (κ3) is 0.935. The fourth-order valence-electron chi connectivity index (χ4n) is 1.45. The number of fused-ring (bicyclic) bond motifs is 1. The Morgan fingerprint density at radius 2 is 2.18 bits per heavy atom. The van der Waals surface area contributed by atoms with Crippen LogP contribution < -0.4 is 16.6 Å². The summed E-state index contributed by atoms with van der Waals surface area (Å²) >= 11 is 0. The lowest BCUT2D eigenvalue weighted by Gasteiger charge is -2.10. The van der Waals surface area contributed by atoms with Gasteiger partial charge in [-0.2, -0.15) is 0 Å². The smallest absolute Gasteiger partial charge is 0.0551 e. The lowest BCUT2D eigenvalue weighted by molar-refractivity contribution is 0.891. The van der Waals surface area contributed by atoms with Crippen LogP contribution in [0.5, 0.6) is 0 Å². The normalized spacial score (nSPS) is 15.2. The molecule has 11 heavy (non-hydrogen) atoms. The molecule has 0 radical (unpaired) electrons. The zero-order chi connectivity index (χ0) is 7.84. The summed E-state index contributed by atoms with van der Waals surface area (Å²) in [5.74, 6) is 5.69. The van der Waals surface area contributed by atoms with Crippen molar-refractivity contribution in [3.8, 4) is 0 Å². The van der Waals surface area contributed by atoms with Gasteiger partial charge >= 0.3 is 0 Å². The van der Waals surface area contributed by atoms with E-state index < -0.39 is 0 Å². The number of hydrogen-bond donors (Lipinski definition) is 2. The Morgan fingerprint density at radius 3 is 3.00 bits per heavy atom. The van der Waals surface area contributed by atoms with Crippen LogP contribution in [0.1, 0.15) is 5.56 Å². The third-order valence-electron chi connectivity index (χ3n) is 2.04. The maximum Gasteiger partial charge on any atom is 0.0551 e. The van der Waals surface area contributed by atoms with Crippen molar-refractivity contribution in [1.29, 1.82) is 0 Å². The fraction of sp³-hybridized carbons (Fsp3) is 0.250. The molecule has 3 heteroatoms. The van der Waals surface area contributed by atoms with Crippen LogP contribution in [0, 0.1) is 0 Å². The standard InChI is InChI=1S/C8H11N3/c9-7-1-2-8-6(5-7)3-4-11(8)10/h1-2,5H,3-4,9-10H2. The summed E-state index contributed by atoms with van der Waals surface area (Å²) in [4.78, 5) is 0. The van der Waals surface area contributed by atoms with Crippen LogP contribution in [0.2, 0.25) is 0 Å². The summed E-state index contributed by atoms with van der Waals surface area (Å²) < 4.78 is 0. The number of nitrogens with two attached hydrogens (primary N) is 2. The van der Waals surface area contributed by atoms with Crippen molar-refractivity contribution < 1.29 is 0 Å². The molecule has 0 saturated heterocycles. The largest absolute Gasteiger partial charge is 0.399 e.